The van der Waals surface area contributed by atoms with Gasteiger partial charge in [-0.1, -0.05) is 23.7 Å². The first-order valence-corrected chi connectivity index (χ1v) is 10.2. The van der Waals surface area contributed by atoms with Crippen molar-refractivity contribution in [1.29, 1.82) is 0 Å². The van der Waals surface area contributed by atoms with Crippen LogP contribution in [0.1, 0.15) is 12.8 Å². The van der Waals surface area contributed by atoms with Crippen molar-refractivity contribution in [1.82, 2.24) is 9.29 Å². The number of ether oxygens (including phenoxy) is 1. The number of hydrogen-bond donors (Lipinski definition) is 0. The molecule has 1 saturated heterocycles. The number of oxazole rings is 1. The minimum absolute atomic E-state index is 0.0211. The van der Waals surface area contributed by atoms with Crippen LogP contribution in [-0.4, -0.2) is 36.9 Å². The van der Waals surface area contributed by atoms with E-state index in [-0.39, 0.29) is 35.2 Å². The lowest BCUT2D eigenvalue weighted by Gasteiger charge is -2.30. The molecule has 2 aromatic carbocycles. The van der Waals surface area contributed by atoms with Gasteiger partial charge >= 0.3 is 6.08 Å². The van der Waals surface area contributed by atoms with Gasteiger partial charge in [0, 0.05) is 13.1 Å². The molecular formula is C18H16ClFN2O4S. The van der Waals surface area contributed by atoms with Gasteiger partial charge in [-0.25, -0.2) is 12.8 Å². The van der Waals surface area contributed by atoms with Crippen molar-refractivity contribution >= 4 is 32.7 Å². The van der Waals surface area contributed by atoms with E-state index in [0.717, 1.165) is 12.1 Å². The number of hydrogen-bond acceptors (Lipinski definition) is 5. The van der Waals surface area contributed by atoms with Gasteiger partial charge in [-0.2, -0.15) is 9.29 Å². The zero-order valence-corrected chi connectivity index (χ0v) is 15.7. The third-order valence-corrected chi connectivity index (χ3v) is 6.66. The molecule has 0 amide bonds. The summed E-state index contributed by atoms with van der Waals surface area (Å²) in [7, 11) is -3.73. The normalized spacial score (nSPS) is 16.7. The molecule has 9 heteroatoms. The molecule has 6 nitrogen and oxygen atoms in total. The van der Waals surface area contributed by atoms with E-state index in [1.165, 1.54) is 10.4 Å². The van der Waals surface area contributed by atoms with Gasteiger partial charge in [-0.15, -0.1) is 0 Å². The highest BCUT2D eigenvalue weighted by atomic mass is 35.5. The Morgan fingerprint density at radius 3 is 2.63 bits per heavy atom. The van der Waals surface area contributed by atoms with Crippen molar-refractivity contribution < 1.29 is 22.0 Å². The first-order chi connectivity index (χ1) is 12.9. The minimum atomic E-state index is -3.73. The van der Waals surface area contributed by atoms with E-state index in [1.807, 2.05) is 18.2 Å². The standard InChI is InChI=1S/C18H16ClFN2O4S/c19-14-11-13(5-6-15(14)20)27(23,24)22-9-7-12(8-10-22)25-18-21-16-3-1-2-4-17(16)26-18/h1-6,11-12H,7-10H2. The van der Waals surface area contributed by atoms with Crippen LogP contribution in [-0.2, 0) is 10.0 Å². The summed E-state index contributed by atoms with van der Waals surface area (Å²) in [4.78, 5) is 4.25. The average Bonchev–Trinajstić information content (AvgIpc) is 3.06. The monoisotopic (exact) mass is 410 g/mol. The van der Waals surface area contributed by atoms with Crippen LogP contribution in [0.25, 0.3) is 11.1 Å². The smallest absolute Gasteiger partial charge is 0.394 e. The average molecular weight is 411 g/mol. The van der Waals surface area contributed by atoms with E-state index >= 15 is 0 Å². The summed E-state index contributed by atoms with van der Waals surface area (Å²) in [5.41, 5.74) is 1.35. The largest absolute Gasteiger partial charge is 0.447 e. The highest BCUT2D eigenvalue weighted by Crippen LogP contribution is 2.27. The fourth-order valence-corrected chi connectivity index (χ4v) is 4.76. The van der Waals surface area contributed by atoms with Gasteiger partial charge < -0.3 is 9.15 Å². The van der Waals surface area contributed by atoms with Crippen LogP contribution < -0.4 is 4.74 Å². The predicted molar refractivity (Wildman–Crippen MR) is 97.8 cm³/mol. The van der Waals surface area contributed by atoms with Crippen molar-refractivity contribution in [2.45, 2.75) is 23.8 Å². The number of benzene rings is 2. The predicted octanol–water partition coefficient (Wildman–Crippen LogP) is 3.85. The Kier molecular flexibility index (Phi) is 4.79. The Hall–Kier alpha value is -2.16. The number of piperidine rings is 1. The quantitative estimate of drug-likeness (QED) is 0.653. The Labute approximate surface area is 160 Å². The van der Waals surface area contributed by atoms with Crippen LogP contribution in [0.5, 0.6) is 6.08 Å². The number of rotatable bonds is 4. The van der Waals surface area contributed by atoms with Gasteiger partial charge in [0.05, 0.1) is 9.92 Å². The van der Waals surface area contributed by atoms with E-state index in [4.69, 9.17) is 20.8 Å². The molecular weight excluding hydrogens is 395 g/mol. The van der Waals surface area contributed by atoms with Crippen LogP contribution in [0.2, 0.25) is 5.02 Å². The number of nitrogens with zero attached hydrogens (tertiary/aromatic N) is 2. The van der Waals surface area contributed by atoms with Crippen LogP contribution in [0.3, 0.4) is 0 Å². The molecule has 0 N–H and O–H groups in total. The molecule has 2 heterocycles. The molecule has 0 spiro atoms. The van der Waals surface area contributed by atoms with Gasteiger partial charge in [0.25, 0.3) is 0 Å². The Morgan fingerprint density at radius 2 is 1.93 bits per heavy atom. The van der Waals surface area contributed by atoms with Crippen molar-refractivity contribution in [3.05, 3.63) is 53.3 Å². The number of aromatic nitrogens is 1. The second kappa shape index (κ2) is 7.10. The maximum absolute atomic E-state index is 13.3. The third-order valence-electron chi connectivity index (χ3n) is 4.47. The Balaban J connectivity index is 1.42. The summed E-state index contributed by atoms with van der Waals surface area (Å²) in [6.07, 6.45) is 0.976. The lowest BCUT2D eigenvalue weighted by molar-refractivity contribution is 0.102. The van der Waals surface area contributed by atoms with E-state index in [0.29, 0.717) is 23.9 Å². The zero-order chi connectivity index (χ0) is 19.0. The maximum atomic E-state index is 13.3. The summed E-state index contributed by atoms with van der Waals surface area (Å²) in [6.45, 7) is 0.560. The van der Waals surface area contributed by atoms with Crippen molar-refractivity contribution in [3.8, 4) is 6.08 Å². The van der Waals surface area contributed by atoms with Gasteiger partial charge in [-0.3, -0.25) is 0 Å². The number of para-hydroxylation sites is 2. The summed E-state index contributed by atoms with van der Waals surface area (Å²) in [6, 6.07) is 10.7. The molecule has 142 valence electrons. The van der Waals surface area contributed by atoms with Crippen LogP contribution in [0, 0.1) is 5.82 Å². The molecule has 1 aromatic heterocycles. The Bertz CT molecular complexity index is 1040. The lowest BCUT2D eigenvalue weighted by atomic mass is 10.1. The van der Waals surface area contributed by atoms with Gasteiger partial charge in [0.15, 0.2) is 5.58 Å². The topological polar surface area (TPSA) is 72.6 Å². The number of fused-ring (bicyclic) bond motifs is 1. The van der Waals surface area contributed by atoms with Gasteiger partial charge in [0.1, 0.15) is 17.4 Å². The van der Waals surface area contributed by atoms with E-state index < -0.39 is 15.8 Å². The van der Waals surface area contributed by atoms with Crippen molar-refractivity contribution in [3.63, 3.8) is 0 Å². The number of sulfonamides is 1. The van der Waals surface area contributed by atoms with Crippen molar-refractivity contribution in [2.75, 3.05) is 13.1 Å². The zero-order valence-electron chi connectivity index (χ0n) is 14.1. The fourth-order valence-electron chi connectivity index (χ4n) is 3.02. The summed E-state index contributed by atoms with van der Waals surface area (Å²) in [5, 5.41) is -0.217. The molecule has 0 aliphatic carbocycles. The van der Waals surface area contributed by atoms with Gasteiger partial charge in [0.2, 0.25) is 10.0 Å². The summed E-state index contributed by atoms with van der Waals surface area (Å²) in [5.74, 6) is -0.652. The SMILES string of the molecule is O=S(=O)(c1ccc(F)c(Cl)c1)N1CCC(Oc2nc3ccccc3o2)CC1. The first kappa shape index (κ1) is 18.2. The molecule has 0 saturated carbocycles. The molecule has 4 rings (SSSR count). The molecule has 0 unspecified atom stereocenters. The second-order valence-electron chi connectivity index (χ2n) is 6.24. The second-order valence-corrected chi connectivity index (χ2v) is 8.59. The highest BCUT2D eigenvalue weighted by molar-refractivity contribution is 7.89. The molecule has 27 heavy (non-hydrogen) atoms. The first-order valence-electron chi connectivity index (χ1n) is 8.41. The molecule has 1 aliphatic heterocycles. The third kappa shape index (κ3) is 3.65. The fraction of sp³-hybridized carbons (Fsp3) is 0.278. The maximum Gasteiger partial charge on any atom is 0.394 e. The van der Waals surface area contributed by atoms with Crippen molar-refractivity contribution in [2.24, 2.45) is 0 Å². The van der Waals surface area contributed by atoms with E-state index in [2.05, 4.69) is 4.98 Å². The summed E-state index contributed by atoms with van der Waals surface area (Å²) >= 11 is 5.71. The van der Waals surface area contributed by atoms with E-state index in [9.17, 15) is 12.8 Å². The highest BCUT2D eigenvalue weighted by Gasteiger charge is 2.31. The molecule has 0 bridgehead atoms. The lowest BCUT2D eigenvalue weighted by Crippen LogP contribution is -2.41. The summed E-state index contributed by atoms with van der Waals surface area (Å²) < 4.78 is 51.4. The molecule has 0 radical (unpaired) electrons. The van der Waals surface area contributed by atoms with Gasteiger partial charge in [-0.05, 0) is 43.2 Å². The molecule has 0 atom stereocenters. The molecule has 3 aromatic rings. The molecule has 1 aliphatic rings. The molecule has 1 fully saturated rings. The van der Waals surface area contributed by atoms with Crippen LogP contribution in [0.4, 0.5) is 4.39 Å². The Morgan fingerprint density at radius 1 is 1.19 bits per heavy atom. The van der Waals surface area contributed by atoms with Crippen LogP contribution >= 0.6 is 11.6 Å². The minimum Gasteiger partial charge on any atom is -0.447 e. The number of halogens is 2. The van der Waals surface area contributed by atoms with E-state index in [1.54, 1.807) is 6.07 Å². The van der Waals surface area contributed by atoms with Crippen LogP contribution in [0.15, 0.2) is 51.8 Å².